The van der Waals surface area contributed by atoms with Crippen LogP contribution in [-0.2, 0) is 10.3 Å². The molecule has 5 nitrogen and oxygen atoms in total. The minimum atomic E-state index is -0.423. The Hall–Kier alpha value is -2.11. The molecule has 0 unspecified atom stereocenters. The predicted octanol–water partition coefficient (Wildman–Crippen LogP) is 1.25. The highest BCUT2D eigenvalue weighted by Gasteiger charge is 2.45. The number of urea groups is 1. The summed E-state index contributed by atoms with van der Waals surface area (Å²) in [6.45, 7) is 1.00. The van der Waals surface area contributed by atoms with E-state index in [-0.39, 0.29) is 11.8 Å². The lowest BCUT2D eigenvalue weighted by molar-refractivity contribution is -0.109. The first-order chi connectivity index (χ1) is 9.66. The van der Waals surface area contributed by atoms with E-state index in [9.17, 15) is 14.0 Å². The molecule has 20 heavy (non-hydrogen) atoms. The second kappa shape index (κ2) is 6.36. The van der Waals surface area contributed by atoms with Crippen LogP contribution in [-0.4, -0.2) is 25.5 Å². The van der Waals surface area contributed by atoms with E-state index in [0.717, 1.165) is 18.4 Å². The zero-order valence-electron chi connectivity index (χ0n) is 11.1. The summed E-state index contributed by atoms with van der Waals surface area (Å²) in [5.41, 5.74) is 0.378. The maximum absolute atomic E-state index is 13.2. The summed E-state index contributed by atoms with van der Waals surface area (Å²) in [5.74, 6) is -0.295. The van der Waals surface area contributed by atoms with Gasteiger partial charge >= 0.3 is 6.03 Å². The summed E-state index contributed by atoms with van der Waals surface area (Å²) in [7, 11) is 0. The summed E-state index contributed by atoms with van der Waals surface area (Å²) in [5, 5.41) is 8.14. The Balaban J connectivity index is 1.80. The molecular weight excluding hydrogens is 261 g/mol. The average molecular weight is 279 g/mol. The lowest BCUT2D eigenvalue weighted by atomic mass is 10.1. The van der Waals surface area contributed by atoms with E-state index < -0.39 is 5.54 Å². The fourth-order valence-electron chi connectivity index (χ4n) is 2.11. The third kappa shape index (κ3) is 3.69. The number of rotatable bonds is 7. The molecule has 3 N–H and O–H groups in total. The van der Waals surface area contributed by atoms with Crippen LogP contribution in [0.3, 0.4) is 0 Å². The number of amides is 3. The molecule has 0 heterocycles. The van der Waals surface area contributed by atoms with Crippen LogP contribution in [0.4, 0.5) is 9.18 Å². The molecular formula is C14H18FN3O2. The van der Waals surface area contributed by atoms with Crippen molar-refractivity contribution in [3.63, 3.8) is 0 Å². The van der Waals surface area contributed by atoms with Crippen LogP contribution in [0.25, 0.3) is 0 Å². The normalized spacial score (nSPS) is 15.2. The molecule has 3 amide bonds. The topological polar surface area (TPSA) is 70.2 Å². The molecule has 1 aliphatic rings. The molecule has 0 aromatic heterocycles. The molecule has 0 atom stereocenters. The van der Waals surface area contributed by atoms with E-state index in [1.165, 1.54) is 12.1 Å². The number of nitrogens with one attached hydrogen (secondary N) is 3. The molecule has 0 saturated heterocycles. The van der Waals surface area contributed by atoms with Gasteiger partial charge in [-0.1, -0.05) is 12.1 Å². The molecule has 1 aromatic carbocycles. The van der Waals surface area contributed by atoms with E-state index in [1.807, 2.05) is 6.07 Å². The average Bonchev–Trinajstić information content (AvgIpc) is 3.19. The molecule has 0 spiro atoms. The maximum atomic E-state index is 13.2. The third-order valence-corrected chi connectivity index (χ3v) is 3.35. The highest BCUT2D eigenvalue weighted by molar-refractivity contribution is 5.75. The van der Waals surface area contributed by atoms with Crippen LogP contribution < -0.4 is 16.0 Å². The Kier molecular flexibility index (Phi) is 4.55. The largest absolute Gasteiger partial charge is 0.359 e. The maximum Gasteiger partial charge on any atom is 0.315 e. The van der Waals surface area contributed by atoms with Crippen molar-refractivity contribution in [1.82, 2.24) is 16.0 Å². The van der Waals surface area contributed by atoms with Gasteiger partial charge in [-0.3, -0.25) is 4.79 Å². The minimum Gasteiger partial charge on any atom is -0.359 e. The Morgan fingerprint density at radius 3 is 2.80 bits per heavy atom. The van der Waals surface area contributed by atoms with E-state index >= 15 is 0 Å². The van der Waals surface area contributed by atoms with Crippen molar-refractivity contribution in [3.8, 4) is 0 Å². The van der Waals surface area contributed by atoms with Gasteiger partial charge < -0.3 is 16.0 Å². The van der Waals surface area contributed by atoms with Crippen LogP contribution in [0, 0.1) is 5.82 Å². The van der Waals surface area contributed by atoms with Gasteiger partial charge in [-0.25, -0.2) is 9.18 Å². The van der Waals surface area contributed by atoms with Crippen LogP contribution in [0.5, 0.6) is 0 Å². The SMILES string of the molecule is O=CNCCCNC(=O)NC1(c2cccc(F)c2)CC1. The molecule has 6 heteroatoms. The van der Waals surface area contributed by atoms with E-state index in [2.05, 4.69) is 16.0 Å². The fourth-order valence-corrected chi connectivity index (χ4v) is 2.11. The number of carbonyl (C=O) groups excluding carboxylic acids is 2. The van der Waals surface area contributed by atoms with E-state index in [4.69, 9.17) is 0 Å². The molecule has 2 rings (SSSR count). The van der Waals surface area contributed by atoms with Crippen LogP contribution in [0.2, 0.25) is 0 Å². The van der Waals surface area contributed by atoms with Crippen molar-refractivity contribution < 1.29 is 14.0 Å². The van der Waals surface area contributed by atoms with Crippen molar-refractivity contribution in [2.24, 2.45) is 0 Å². The Labute approximate surface area is 116 Å². The first-order valence-electron chi connectivity index (χ1n) is 6.65. The first-order valence-corrected chi connectivity index (χ1v) is 6.65. The summed E-state index contributed by atoms with van der Waals surface area (Å²) < 4.78 is 13.2. The van der Waals surface area contributed by atoms with E-state index in [1.54, 1.807) is 6.07 Å². The Bertz CT molecular complexity index is 489. The minimum absolute atomic E-state index is 0.266. The monoisotopic (exact) mass is 279 g/mol. The third-order valence-electron chi connectivity index (χ3n) is 3.35. The zero-order valence-corrected chi connectivity index (χ0v) is 11.1. The number of hydrogen-bond donors (Lipinski definition) is 3. The lowest BCUT2D eigenvalue weighted by Crippen LogP contribution is -2.42. The summed E-state index contributed by atoms with van der Waals surface area (Å²) >= 11 is 0. The lowest BCUT2D eigenvalue weighted by Gasteiger charge is -2.18. The highest BCUT2D eigenvalue weighted by Crippen LogP contribution is 2.45. The second-order valence-electron chi connectivity index (χ2n) is 4.90. The van der Waals surface area contributed by atoms with Crippen LogP contribution in [0.1, 0.15) is 24.8 Å². The highest BCUT2D eigenvalue weighted by atomic mass is 19.1. The van der Waals surface area contributed by atoms with E-state index in [0.29, 0.717) is 25.9 Å². The van der Waals surface area contributed by atoms with Crippen molar-refractivity contribution in [2.45, 2.75) is 24.8 Å². The molecule has 108 valence electrons. The molecule has 1 aromatic rings. The molecule has 1 aliphatic carbocycles. The predicted molar refractivity (Wildman–Crippen MR) is 72.5 cm³/mol. The van der Waals surface area contributed by atoms with Gasteiger partial charge in [0.05, 0.1) is 5.54 Å². The van der Waals surface area contributed by atoms with Gasteiger partial charge in [-0.15, -0.1) is 0 Å². The standard InChI is InChI=1S/C14H18FN3O2/c15-12-4-1-3-11(9-12)14(5-6-14)18-13(20)17-8-2-7-16-10-19/h1,3-4,9-10H,2,5-8H2,(H,16,19)(H2,17,18,20). The number of hydrogen-bond acceptors (Lipinski definition) is 2. The van der Waals surface area contributed by atoms with Gasteiger partial charge in [0.1, 0.15) is 5.82 Å². The first kappa shape index (κ1) is 14.3. The fraction of sp³-hybridized carbons (Fsp3) is 0.429. The van der Waals surface area contributed by atoms with Gasteiger partial charge in [0.15, 0.2) is 0 Å². The van der Waals surface area contributed by atoms with Gasteiger partial charge in [0, 0.05) is 13.1 Å². The summed E-state index contributed by atoms with van der Waals surface area (Å²) in [6, 6.07) is 6.05. The van der Waals surface area contributed by atoms with Gasteiger partial charge in [-0.05, 0) is 37.0 Å². The van der Waals surface area contributed by atoms with Crippen molar-refractivity contribution in [2.75, 3.05) is 13.1 Å². The van der Waals surface area contributed by atoms with Crippen molar-refractivity contribution in [1.29, 1.82) is 0 Å². The van der Waals surface area contributed by atoms with Gasteiger partial charge in [0.2, 0.25) is 6.41 Å². The van der Waals surface area contributed by atoms with Crippen LogP contribution >= 0.6 is 0 Å². The number of carbonyl (C=O) groups is 2. The quantitative estimate of drug-likeness (QED) is 0.519. The van der Waals surface area contributed by atoms with Gasteiger partial charge in [0.25, 0.3) is 0 Å². The summed E-state index contributed by atoms with van der Waals surface area (Å²) in [6.07, 6.45) is 2.93. The number of halogens is 1. The molecule has 1 fully saturated rings. The number of benzene rings is 1. The van der Waals surface area contributed by atoms with Crippen LogP contribution in [0.15, 0.2) is 24.3 Å². The molecule has 1 saturated carbocycles. The summed E-state index contributed by atoms with van der Waals surface area (Å²) in [4.78, 5) is 21.8. The zero-order chi connectivity index (χ0) is 14.4. The molecule has 0 radical (unpaired) electrons. The second-order valence-corrected chi connectivity index (χ2v) is 4.90. The van der Waals surface area contributed by atoms with Crippen molar-refractivity contribution in [3.05, 3.63) is 35.6 Å². The van der Waals surface area contributed by atoms with Crippen molar-refractivity contribution >= 4 is 12.4 Å². The smallest absolute Gasteiger partial charge is 0.315 e. The van der Waals surface area contributed by atoms with Gasteiger partial charge in [-0.2, -0.15) is 0 Å². The molecule has 0 aliphatic heterocycles. The molecule has 0 bridgehead atoms. The Morgan fingerprint density at radius 1 is 1.35 bits per heavy atom. The Morgan fingerprint density at radius 2 is 2.15 bits per heavy atom.